The number of benzene rings is 4. The predicted molar refractivity (Wildman–Crippen MR) is 152 cm³/mol. The van der Waals surface area contributed by atoms with E-state index in [4.69, 9.17) is 0 Å². The smallest absolute Gasteiger partial charge is 0.256 e. The van der Waals surface area contributed by atoms with Gasteiger partial charge in [0.05, 0.1) is 4.24 Å². The van der Waals surface area contributed by atoms with E-state index in [-0.39, 0.29) is 5.91 Å². The van der Waals surface area contributed by atoms with Crippen LogP contribution >= 0.6 is 35.3 Å². The van der Waals surface area contributed by atoms with Gasteiger partial charge in [0.15, 0.2) is 0 Å². The lowest BCUT2D eigenvalue weighted by Gasteiger charge is -2.16. The van der Waals surface area contributed by atoms with Crippen LogP contribution in [-0.4, -0.2) is 5.91 Å². The molecule has 0 saturated carbocycles. The van der Waals surface area contributed by atoms with Crippen molar-refractivity contribution in [2.75, 3.05) is 0 Å². The summed E-state index contributed by atoms with van der Waals surface area (Å²) >= 11 is 4.92. The van der Waals surface area contributed by atoms with Crippen molar-refractivity contribution in [3.05, 3.63) is 135 Å². The summed E-state index contributed by atoms with van der Waals surface area (Å²) in [4.78, 5) is 16.5. The van der Waals surface area contributed by atoms with E-state index in [1.165, 1.54) is 16.7 Å². The topological polar surface area (TPSA) is 29.1 Å². The second-order valence-electron chi connectivity index (χ2n) is 8.18. The van der Waals surface area contributed by atoms with E-state index in [1.807, 2.05) is 30.3 Å². The van der Waals surface area contributed by atoms with Crippen molar-refractivity contribution in [1.29, 1.82) is 0 Å². The van der Waals surface area contributed by atoms with Gasteiger partial charge in [-0.15, -0.1) is 0 Å². The molecule has 0 saturated heterocycles. The van der Waals surface area contributed by atoms with Crippen LogP contribution in [0.1, 0.15) is 27.0 Å². The quantitative estimate of drug-likeness (QED) is 0.238. The van der Waals surface area contributed by atoms with Crippen molar-refractivity contribution >= 4 is 41.2 Å². The van der Waals surface area contributed by atoms with Crippen LogP contribution in [0.15, 0.2) is 127 Å². The van der Waals surface area contributed by atoms with Gasteiger partial charge in [0.25, 0.3) is 5.91 Å². The first-order valence-electron chi connectivity index (χ1n) is 11.3. The van der Waals surface area contributed by atoms with Crippen molar-refractivity contribution in [2.45, 2.75) is 35.5 Å². The van der Waals surface area contributed by atoms with Gasteiger partial charge in [-0.1, -0.05) is 107 Å². The Morgan fingerprint density at radius 3 is 1.37 bits per heavy atom. The number of nitrogens with one attached hydrogen (secondary N) is 1. The molecule has 35 heavy (non-hydrogen) atoms. The van der Waals surface area contributed by atoms with Gasteiger partial charge < -0.3 is 5.32 Å². The largest absolute Gasteiger partial charge is 0.315 e. The highest BCUT2D eigenvalue weighted by molar-refractivity contribution is 8.23. The molecule has 0 aliphatic carbocycles. The van der Waals surface area contributed by atoms with Crippen LogP contribution in [0.5, 0.6) is 0 Å². The molecular weight excluding hydrogens is 487 g/mol. The minimum atomic E-state index is -0.119. The first-order chi connectivity index (χ1) is 17.0. The molecule has 0 atom stereocenters. The van der Waals surface area contributed by atoms with Crippen LogP contribution in [-0.2, 0) is 0 Å². The maximum atomic E-state index is 13.2. The summed E-state index contributed by atoms with van der Waals surface area (Å²) in [6.07, 6.45) is 0. The summed E-state index contributed by atoms with van der Waals surface area (Å²) in [5, 5.41) is 4.04. The third-order valence-corrected chi connectivity index (χ3v) is 8.72. The summed E-state index contributed by atoms with van der Waals surface area (Å²) in [5.74, 6) is -0.119. The zero-order chi connectivity index (χ0) is 24.6. The fourth-order valence-electron chi connectivity index (χ4n) is 3.15. The van der Waals surface area contributed by atoms with Gasteiger partial charge in [0, 0.05) is 20.2 Å². The summed E-state index contributed by atoms with van der Waals surface area (Å²) in [6, 6.07) is 34.7. The van der Waals surface area contributed by atoms with Crippen molar-refractivity contribution in [1.82, 2.24) is 5.32 Å². The average molecular weight is 514 g/mol. The molecule has 1 N–H and O–H groups in total. The van der Waals surface area contributed by atoms with Crippen molar-refractivity contribution in [3.63, 3.8) is 0 Å². The molecule has 0 unspecified atom stereocenters. The third-order valence-electron chi connectivity index (χ3n) is 5.15. The van der Waals surface area contributed by atoms with Crippen LogP contribution in [0.4, 0.5) is 0 Å². The standard InChI is InChI=1S/C30H27NOS3/c1-21-9-15-25(16-10-21)33-29(31-28(32)24-7-5-4-6-8-24)30(34-26-17-11-22(2)12-18-26)35-27-19-13-23(3)14-20-27/h4-20H,1-3H3,(H,31,32). The van der Waals surface area contributed by atoms with Crippen LogP contribution in [0, 0.1) is 20.8 Å². The average Bonchev–Trinajstić information content (AvgIpc) is 2.87. The fraction of sp³-hybridized carbons (Fsp3) is 0.100. The molecule has 0 fully saturated rings. The number of hydrogen-bond acceptors (Lipinski definition) is 4. The van der Waals surface area contributed by atoms with Gasteiger partial charge in [-0.2, -0.15) is 0 Å². The Morgan fingerprint density at radius 2 is 0.943 bits per heavy atom. The molecule has 4 aromatic carbocycles. The third kappa shape index (κ3) is 7.56. The number of thioether (sulfide) groups is 3. The molecule has 0 spiro atoms. The Kier molecular flexibility index (Phi) is 8.80. The van der Waals surface area contributed by atoms with E-state index >= 15 is 0 Å². The maximum Gasteiger partial charge on any atom is 0.256 e. The molecular formula is C30H27NOS3. The van der Waals surface area contributed by atoms with E-state index in [1.54, 1.807) is 35.3 Å². The van der Waals surface area contributed by atoms with Crippen LogP contribution in [0.2, 0.25) is 0 Å². The lowest BCUT2D eigenvalue weighted by atomic mass is 10.2. The summed E-state index contributed by atoms with van der Waals surface area (Å²) < 4.78 is 1.02. The van der Waals surface area contributed by atoms with E-state index in [9.17, 15) is 4.79 Å². The second kappa shape index (κ2) is 12.2. The second-order valence-corrected chi connectivity index (χ2v) is 11.7. The Balaban J connectivity index is 1.75. The molecule has 0 bridgehead atoms. The highest BCUT2D eigenvalue weighted by Gasteiger charge is 2.17. The molecule has 5 heteroatoms. The molecule has 0 radical (unpaired) electrons. The number of rotatable bonds is 8. The number of aryl methyl sites for hydroxylation is 3. The first-order valence-corrected chi connectivity index (χ1v) is 13.8. The van der Waals surface area contributed by atoms with Gasteiger partial charge in [-0.25, -0.2) is 0 Å². The molecule has 0 heterocycles. The molecule has 0 aliphatic heterocycles. The van der Waals surface area contributed by atoms with Crippen LogP contribution in [0.3, 0.4) is 0 Å². The minimum Gasteiger partial charge on any atom is -0.315 e. The molecule has 2 nitrogen and oxygen atoms in total. The lowest BCUT2D eigenvalue weighted by Crippen LogP contribution is -2.22. The van der Waals surface area contributed by atoms with Gasteiger partial charge in [-0.3, -0.25) is 4.79 Å². The van der Waals surface area contributed by atoms with Crippen molar-refractivity contribution in [3.8, 4) is 0 Å². The maximum absolute atomic E-state index is 13.2. The van der Waals surface area contributed by atoms with Gasteiger partial charge >= 0.3 is 0 Å². The molecule has 1 amide bonds. The van der Waals surface area contributed by atoms with Gasteiger partial charge in [-0.05, 0) is 69.3 Å². The molecule has 4 aromatic rings. The summed E-state index contributed by atoms with van der Waals surface area (Å²) in [5.41, 5.74) is 4.28. The number of hydrogen-bond donors (Lipinski definition) is 1. The molecule has 0 aromatic heterocycles. The summed E-state index contributed by atoms with van der Waals surface area (Å²) in [6.45, 7) is 6.25. The fourth-order valence-corrected chi connectivity index (χ4v) is 6.39. The lowest BCUT2D eigenvalue weighted by molar-refractivity contribution is 0.0969. The van der Waals surface area contributed by atoms with Crippen LogP contribution in [0.25, 0.3) is 0 Å². The molecule has 176 valence electrons. The first kappa shape index (κ1) is 25.2. The Morgan fingerprint density at radius 1 is 0.543 bits per heavy atom. The Labute approximate surface area is 220 Å². The number of carbonyl (C=O) groups is 1. The number of amides is 1. The zero-order valence-corrected chi connectivity index (χ0v) is 22.4. The van der Waals surface area contributed by atoms with E-state index in [2.05, 4.69) is 98.9 Å². The minimum absolute atomic E-state index is 0.119. The molecule has 4 rings (SSSR count). The Hall–Kier alpha value is -2.86. The SMILES string of the molecule is Cc1ccc(SC(NC(=O)c2ccccc2)=C(Sc2ccc(C)cc2)Sc2ccc(C)cc2)cc1. The number of carbonyl (C=O) groups excluding carboxylic acids is 1. The summed E-state index contributed by atoms with van der Waals surface area (Å²) in [7, 11) is 0. The van der Waals surface area contributed by atoms with Gasteiger partial charge in [0.2, 0.25) is 0 Å². The van der Waals surface area contributed by atoms with Gasteiger partial charge in [0.1, 0.15) is 5.03 Å². The van der Waals surface area contributed by atoms with E-state index in [0.717, 1.165) is 24.0 Å². The highest BCUT2D eigenvalue weighted by atomic mass is 32.2. The normalized spacial score (nSPS) is 10.6. The van der Waals surface area contributed by atoms with E-state index < -0.39 is 0 Å². The molecule has 0 aliphatic rings. The Bertz CT molecular complexity index is 1250. The van der Waals surface area contributed by atoms with E-state index in [0.29, 0.717) is 5.56 Å². The van der Waals surface area contributed by atoms with Crippen molar-refractivity contribution in [2.24, 2.45) is 0 Å². The highest BCUT2D eigenvalue weighted by Crippen LogP contribution is 2.44. The monoisotopic (exact) mass is 513 g/mol. The van der Waals surface area contributed by atoms with Crippen molar-refractivity contribution < 1.29 is 4.79 Å². The van der Waals surface area contributed by atoms with Crippen LogP contribution < -0.4 is 5.32 Å². The predicted octanol–water partition coefficient (Wildman–Crippen LogP) is 8.85. The zero-order valence-electron chi connectivity index (χ0n) is 19.9.